The Morgan fingerprint density at radius 2 is 1.76 bits per heavy atom. The van der Waals surface area contributed by atoms with E-state index in [9.17, 15) is 0 Å². The van der Waals surface area contributed by atoms with Gasteiger partial charge in [0.1, 0.15) is 18.1 Å². The highest BCUT2D eigenvalue weighted by Gasteiger charge is 2.10. The summed E-state index contributed by atoms with van der Waals surface area (Å²) in [4.78, 5) is 10.5. The van der Waals surface area contributed by atoms with Gasteiger partial charge in [0.2, 0.25) is 5.88 Å². The van der Waals surface area contributed by atoms with Crippen molar-refractivity contribution >= 4 is 0 Å². The first kappa shape index (κ1) is 13.8. The molecule has 0 aliphatic carbocycles. The van der Waals surface area contributed by atoms with Gasteiger partial charge in [-0.25, -0.2) is 4.98 Å². The van der Waals surface area contributed by atoms with E-state index >= 15 is 0 Å². The first-order chi connectivity index (χ1) is 10.4. The molecule has 5 heteroatoms. The zero-order valence-electron chi connectivity index (χ0n) is 11.9. The van der Waals surface area contributed by atoms with Crippen LogP contribution in [0.25, 0.3) is 0 Å². The van der Waals surface area contributed by atoms with Gasteiger partial charge in [0.25, 0.3) is 0 Å². The quantitative estimate of drug-likeness (QED) is 0.816. The van der Waals surface area contributed by atoms with E-state index in [2.05, 4.69) is 14.9 Å². The lowest BCUT2D eigenvalue weighted by Gasteiger charge is -2.15. The van der Waals surface area contributed by atoms with Gasteiger partial charge in [-0.3, -0.25) is 9.88 Å². The highest BCUT2D eigenvalue weighted by molar-refractivity contribution is 5.33. The van der Waals surface area contributed by atoms with Crippen molar-refractivity contribution in [1.82, 2.24) is 14.9 Å². The molecule has 1 aromatic carbocycles. The third kappa shape index (κ3) is 4.16. The Kier molecular flexibility index (Phi) is 4.63. The van der Waals surface area contributed by atoms with Crippen LogP contribution in [0.4, 0.5) is 0 Å². The minimum absolute atomic E-state index is 0.486. The molecule has 1 saturated heterocycles. The number of nitrogens with zero attached hydrogens (tertiary/aromatic N) is 3. The van der Waals surface area contributed by atoms with Crippen LogP contribution in [-0.2, 0) is 0 Å². The van der Waals surface area contributed by atoms with Crippen LogP contribution in [-0.4, -0.2) is 41.1 Å². The van der Waals surface area contributed by atoms with E-state index in [-0.39, 0.29) is 0 Å². The molecule has 1 aliphatic rings. The fourth-order valence-electron chi connectivity index (χ4n) is 2.36. The summed E-state index contributed by atoms with van der Waals surface area (Å²) in [6.45, 7) is 4.13. The van der Waals surface area contributed by atoms with Gasteiger partial charge in [-0.2, -0.15) is 0 Å². The smallest absolute Gasteiger partial charge is 0.237 e. The first-order valence-corrected chi connectivity index (χ1v) is 7.29. The molecule has 2 heterocycles. The fourth-order valence-corrected chi connectivity index (χ4v) is 2.36. The molecule has 0 amide bonds. The number of rotatable bonds is 6. The van der Waals surface area contributed by atoms with E-state index in [1.165, 1.54) is 25.9 Å². The van der Waals surface area contributed by atoms with E-state index < -0.39 is 0 Å². The van der Waals surface area contributed by atoms with E-state index in [1.54, 1.807) is 18.6 Å². The molecule has 0 atom stereocenters. The van der Waals surface area contributed by atoms with Gasteiger partial charge >= 0.3 is 0 Å². The summed E-state index contributed by atoms with van der Waals surface area (Å²) in [5.74, 6) is 2.07. The largest absolute Gasteiger partial charge is 0.492 e. The Balaban J connectivity index is 1.47. The topological polar surface area (TPSA) is 47.5 Å². The molecule has 3 rings (SSSR count). The molecule has 0 bridgehead atoms. The predicted molar refractivity (Wildman–Crippen MR) is 79.7 cm³/mol. The lowest BCUT2D eigenvalue weighted by molar-refractivity contribution is 0.237. The van der Waals surface area contributed by atoms with Gasteiger partial charge in [-0.15, -0.1) is 0 Å². The highest BCUT2D eigenvalue weighted by Crippen LogP contribution is 2.21. The molecule has 0 unspecified atom stereocenters. The van der Waals surface area contributed by atoms with E-state index in [0.29, 0.717) is 5.88 Å². The standard InChI is InChI=1S/C16H19N3O2/c1-2-10-19(9-1)11-12-20-14-3-5-15(6-4-14)21-16-13-17-7-8-18-16/h3-8,13H,1-2,9-12H2. The summed E-state index contributed by atoms with van der Waals surface area (Å²) in [5, 5.41) is 0. The maximum absolute atomic E-state index is 5.75. The van der Waals surface area contributed by atoms with Crippen molar-refractivity contribution in [2.24, 2.45) is 0 Å². The van der Waals surface area contributed by atoms with Crippen molar-refractivity contribution in [2.45, 2.75) is 12.8 Å². The summed E-state index contributed by atoms with van der Waals surface area (Å²) < 4.78 is 11.3. The van der Waals surface area contributed by atoms with E-state index in [4.69, 9.17) is 9.47 Å². The zero-order valence-corrected chi connectivity index (χ0v) is 11.9. The van der Waals surface area contributed by atoms with E-state index in [1.807, 2.05) is 24.3 Å². The Labute approximate surface area is 124 Å². The fraction of sp³-hybridized carbons (Fsp3) is 0.375. The molecule has 1 fully saturated rings. The average molecular weight is 285 g/mol. The summed E-state index contributed by atoms with van der Waals surface area (Å²) in [6.07, 6.45) is 7.43. The molecular weight excluding hydrogens is 266 g/mol. The second kappa shape index (κ2) is 7.04. The van der Waals surface area contributed by atoms with Crippen LogP contribution in [0.5, 0.6) is 17.4 Å². The Morgan fingerprint density at radius 3 is 2.48 bits per heavy atom. The normalized spacial score (nSPS) is 15.0. The van der Waals surface area contributed by atoms with Gasteiger partial charge in [-0.1, -0.05) is 0 Å². The third-order valence-electron chi connectivity index (χ3n) is 3.46. The molecule has 1 aromatic heterocycles. The minimum atomic E-state index is 0.486. The molecule has 21 heavy (non-hydrogen) atoms. The van der Waals surface area contributed by atoms with Gasteiger partial charge < -0.3 is 9.47 Å². The minimum Gasteiger partial charge on any atom is -0.492 e. The molecule has 0 saturated carbocycles. The summed E-state index contributed by atoms with van der Waals surface area (Å²) in [5.41, 5.74) is 0. The molecule has 1 aliphatic heterocycles. The maximum atomic E-state index is 5.75. The van der Waals surface area contributed by atoms with Crippen molar-refractivity contribution in [3.8, 4) is 17.4 Å². The number of aromatic nitrogens is 2. The molecule has 0 spiro atoms. The number of likely N-dealkylation sites (tertiary alicyclic amines) is 1. The zero-order chi connectivity index (χ0) is 14.3. The van der Waals surface area contributed by atoms with Crippen LogP contribution in [0.3, 0.4) is 0 Å². The molecule has 5 nitrogen and oxygen atoms in total. The second-order valence-electron chi connectivity index (χ2n) is 5.01. The summed E-state index contributed by atoms with van der Waals surface area (Å²) in [7, 11) is 0. The van der Waals surface area contributed by atoms with Crippen LogP contribution in [0.1, 0.15) is 12.8 Å². The van der Waals surface area contributed by atoms with Gasteiger partial charge in [0, 0.05) is 18.9 Å². The summed E-state index contributed by atoms with van der Waals surface area (Å²) in [6, 6.07) is 7.57. The molecule has 2 aromatic rings. The lowest BCUT2D eigenvalue weighted by Crippen LogP contribution is -2.25. The number of hydrogen-bond donors (Lipinski definition) is 0. The van der Waals surface area contributed by atoms with Crippen LogP contribution in [0.2, 0.25) is 0 Å². The van der Waals surface area contributed by atoms with Crippen molar-refractivity contribution in [1.29, 1.82) is 0 Å². The van der Waals surface area contributed by atoms with Crippen LogP contribution >= 0.6 is 0 Å². The number of benzene rings is 1. The van der Waals surface area contributed by atoms with Crippen molar-refractivity contribution in [3.05, 3.63) is 42.9 Å². The highest BCUT2D eigenvalue weighted by atomic mass is 16.5. The molecule has 0 radical (unpaired) electrons. The van der Waals surface area contributed by atoms with Crippen molar-refractivity contribution in [2.75, 3.05) is 26.2 Å². The monoisotopic (exact) mass is 285 g/mol. The molecule has 110 valence electrons. The van der Waals surface area contributed by atoms with Gasteiger partial charge in [0.15, 0.2) is 0 Å². The van der Waals surface area contributed by atoms with Crippen LogP contribution in [0.15, 0.2) is 42.9 Å². The van der Waals surface area contributed by atoms with Crippen LogP contribution in [0, 0.1) is 0 Å². The summed E-state index contributed by atoms with van der Waals surface area (Å²) >= 11 is 0. The van der Waals surface area contributed by atoms with Crippen molar-refractivity contribution < 1.29 is 9.47 Å². The van der Waals surface area contributed by atoms with Gasteiger partial charge in [0.05, 0.1) is 6.20 Å². The Morgan fingerprint density at radius 1 is 1.00 bits per heavy atom. The first-order valence-electron chi connectivity index (χ1n) is 7.29. The Bertz CT molecular complexity index is 539. The van der Waals surface area contributed by atoms with Crippen LogP contribution < -0.4 is 9.47 Å². The third-order valence-corrected chi connectivity index (χ3v) is 3.46. The number of hydrogen-bond acceptors (Lipinski definition) is 5. The second-order valence-corrected chi connectivity index (χ2v) is 5.01. The number of ether oxygens (including phenoxy) is 2. The van der Waals surface area contributed by atoms with Crippen molar-refractivity contribution in [3.63, 3.8) is 0 Å². The Hall–Kier alpha value is -2.14. The van der Waals surface area contributed by atoms with E-state index in [0.717, 1.165) is 24.7 Å². The lowest BCUT2D eigenvalue weighted by atomic mass is 10.3. The molecular formula is C16H19N3O2. The maximum Gasteiger partial charge on any atom is 0.237 e. The average Bonchev–Trinajstić information content (AvgIpc) is 3.03. The predicted octanol–water partition coefficient (Wildman–Crippen LogP) is 2.74. The molecule has 0 N–H and O–H groups in total. The SMILES string of the molecule is c1cnc(Oc2ccc(OCCN3CCCC3)cc2)cn1. The van der Waals surface area contributed by atoms with Gasteiger partial charge in [-0.05, 0) is 50.2 Å².